The van der Waals surface area contributed by atoms with Crippen LogP contribution < -0.4 is 15.4 Å². The van der Waals surface area contributed by atoms with Crippen LogP contribution in [0.15, 0.2) is 18.2 Å². The van der Waals surface area contributed by atoms with Crippen molar-refractivity contribution >= 4 is 17.7 Å². The standard InChI is InChI=1S/C15H22N2O2S/c1-10(2)11-4-5-14(19-3)12(6-11)7-16-15(18)13-8-20-9-17-13/h4-6,10,13,17H,7-9H2,1-3H3,(H,16,18). The van der Waals surface area contributed by atoms with Crippen LogP contribution in [-0.2, 0) is 11.3 Å². The molecule has 1 fully saturated rings. The Bertz CT molecular complexity index is 471. The van der Waals surface area contributed by atoms with E-state index in [1.807, 2.05) is 6.07 Å². The molecule has 0 spiro atoms. The molecule has 0 radical (unpaired) electrons. The average molecular weight is 294 g/mol. The van der Waals surface area contributed by atoms with Crippen LogP contribution in [-0.4, -0.2) is 30.7 Å². The summed E-state index contributed by atoms with van der Waals surface area (Å²) in [4.78, 5) is 12.0. The first kappa shape index (κ1) is 15.2. The Kier molecular flexibility index (Phi) is 5.31. The predicted octanol–water partition coefficient (Wildman–Crippen LogP) is 2.10. The molecule has 1 amide bonds. The van der Waals surface area contributed by atoms with Gasteiger partial charge in [0.05, 0.1) is 13.2 Å². The van der Waals surface area contributed by atoms with E-state index in [2.05, 4.69) is 36.6 Å². The second-order valence-corrected chi connectivity index (χ2v) is 6.25. The van der Waals surface area contributed by atoms with E-state index in [-0.39, 0.29) is 11.9 Å². The molecule has 2 N–H and O–H groups in total. The number of benzene rings is 1. The van der Waals surface area contributed by atoms with Crippen LogP contribution in [0.25, 0.3) is 0 Å². The third-order valence-corrected chi connectivity index (χ3v) is 4.40. The van der Waals surface area contributed by atoms with Gasteiger partial charge >= 0.3 is 0 Å². The van der Waals surface area contributed by atoms with Gasteiger partial charge < -0.3 is 10.1 Å². The highest BCUT2D eigenvalue weighted by molar-refractivity contribution is 7.99. The summed E-state index contributed by atoms with van der Waals surface area (Å²) in [6, 6.07) is 6.09. The highest BCUT2D eigenvalue weighted by Crippen LogP contribution is 2.24. The minimum absolute atomic E-state index is 0.0620. The minimum atomic E-state index is -0.0701. The molecule has 1 heterocycles. The Morgan fingerprint density at radius 1 is 1.55 bits per heavy atom. The van der Waals surface area contributed by atoms with Gasteiger partial charge in [0, 0.05) is 23.7 Å². The Hall–Kier alpha value is -1.20. The highest BCUT2D eigenvalue weighted by atomic mass is 32.2. The molecule has 0 saturated carbocycles. The molecule has 1 unspecified atom stereocenters. The second-order valence-electron chi connectivity index (χ2n) is 5.22. The zero-order valence-electron chi connectivity index (χ0n) is 12.2. The van der Waals surface area contributed by atoms with Crippen LogP contribution in [0.3, 0.4) is 0 Å². The monoisotopic (exact) mass is 294 g/mol. The third-order valence-electron chi connectivity index (χ3n) is 3.46. The first-order chi connectivity index (χ1) is 9.61. The molecule has 110 valence electrons. The zero-order chi connectivity index (χ0) is 14.5. The molecule has 20 heavy (non-hydrogen) atoms. The summed E-state index contributed by atoms with van der Waals surface area (Å²) >= 11 is 1.75. The van der Waals surface area contributed by atoms with Gasteiger partial charge in [0.25, 0.3) is 0 Å². The summed E-state index contributed by atoms with van der Waals surface area (Å²) in [7, 11) is 1.66. The van der Waals surface area contributed by atoms with Crippen LogP contribution in [0.1, 0.15) is 30.9 Å². The van der Waals surface area contributed by atoms with Gasteiger partial charge in [-0.05, 0) is 17.5 Å². The maximum absolute atomic E-state index is 12.0. The van der Waals surface area contributed by atoms with Crippen LogP contribution >= 0.6 is 11.8 Å². The lowest BCUT2D eigenvalue weighted by atomic mass is 10.00. The summed E-state index contributed by atoms with van der Waals surface area (Å²) in [6.45, 7) is 4.82. The fourth-order valence-electron chi connectivity index (χ4n) is 2.16. The van der Waals surface area contributed by atoms with Crippen molar-refractivity contribution in [3.05, 3.63) is 29.3 Å². The Balaban J connectivity index is 2.03. The number of nitrogens with one attached hydrogen (secondary N) is 2. The number of ether oxygens (including phenoxy) is 1. The first-order valence-corrected chi connectivity index (χ1v) is 8.03. The molecular formula is C15H22N2O2S. The quantitative estimate of drug-likeness (QED) is 0.873. The van der Waals surface area contributed by atoms with E-state index in [1.165, 1.54) is 5.56 Å². The fourth-order valence-corrected chi connectivity index (χ4v) is 3.11. The van der Waals surface area contributed by atoms with Crippen LogP contribution in [0, 0.1) is 0 Å². The number of thioether (sulfide) groups is 1. The van der Waals surface area contributed by atoms with Crippen molar-refractivity contribution in [2.24, 2.45) is 0 Å². The lowest BCUT2D eigenvalue weighted by Gasteiger charge is -2.15. The van der Waals surface area contributed by atoms with Gasteiger partial charge in [0.15, 0.2) is 0 Å². The largest absolute Gasteiger partial charge is 0.496 e. The molecule has 2 rings (SSSR count). The predicted molar refractivity (Wildman–Crippen MR) is 83.2 cm³/mol. The Morgan fingerprint density at radius 3 is 2.95 bits per heavy atom. The highest BCUT2D eigenvalue weighted by Gasteiger charge is 2.22. The molecule has 4 nitrogen and oxygen atoms in total. The minimum Gasteiger partial charge on any atom is -0.496 e. The van der Waals surface area contributed by atoms with Gasteiger partial charge in [-0.25, -0.2) is 0 Å². The smallest absolute Gasteiger partial charge is 0.238 e. The topological polar surface area (TPSA) is 50.4 Å². The van der Waals surface area contributed by atoms with Crippen molar-refractivity contribution in [1.82, 2.24) is 10.6 Å². The number of rotatable bonds is 5. The molecule has 1 aliphatic heterocycles. The zero-order valence-corrected chi connectivity index (χ0v) is 13.0. The lowest BCUT2D eigenvalue weighted by Crippen LogP contribution is -2.41. The maximum atomic E-state index is 12.0. The Labute approximate surface area is 124 Å². The van der Waals surface area contributed by atoms with Crippen molar-refractivity contribution in [2.75, 3.05) is 18.7 Å². The number of hydrogen-bond donors (Lipinski definition) is 2. The van der Waals surface area contributed by atoms with Gasteiger partial charge in [-0.3, -0.25) is 10.1 Å². The second kappa shape index (κ2) is 6.99. The summed E-state index contributed by atoms with van der Waals surface area (Å²) in [5.41, 5.74) is 2.28. The Morgan fingerprint density at radius 2 is 2.35 bits per heavy atom. The molecule has 0 aliphatic carbocycles. The molecule has 1 aliphatic rings. The molecule has 0 aromatic heterocycles. The summed E-state index contributed by atoms with van der Waals surface area (Å²) in [5, 5.41) is 6.16. The van der Waals surface area contributed by atoms with Crippen LogP contribution in [0.5, 0.6) is 5.75 Å². The van der Waals surface area contributed by atoms with Crippen molar-refractivity contribution in [3.63, 3.8) is 0 Å². The van der Waals surface area contributed by atoms with Gasteiger partial charge in [-0.2, -0.15) is 0 Å². The first-order valence-electron chi connectivity index (χ1n) is 6.87. The van der Waals surface area contributed by atoms with E-state index >= 15 is 0 Å². The van der Waals surface area contributed by atoms with Crippen LogP contribution in [0.2, 0.25) is 0 Å². The fraction of sp³-hybridized carbons (Fsp3) is 0.533. The number of carbonyl (C=O) groups excluding carboxylic acids is 1. The molecule has 1 aromatic rings. The van der Waals surface area contributed by atoms with E-state index in [9.17, 15) is 4.79 Å². The van der Waals surface area contributed by atoms with Gasteiger partial charge in [0.1, 0.15) is 5.75 Å². The van der Waals surface area contributed by atoms with E-state index in [0.717, 1.165) is 22.9 Å². The van der Waals surface area contributed by atoms with E-state index in [1.54, 1.807) is 18.9 Å². The summed E-state index contributed by atoms with van der Waals surface area (Å²) in [5.74, 6) is 3.04. The molecule has 1 atom stereocenters. The summed E-state index contributed by atoms with van der Waals surface area (Å²) in [6.07, 6.45) is 0. The van der Waals surface area contributed by atoms with Crippen molar-refractivity contribution < 1.29 is 9.53 Å². The van der Waals surface area contributed by atoms with E-state index in [0.29, 0.717) is 12.5 Å². The maximum Gasteiger partial charge on any atom is 0.238 e. The molecule has 0 bridgehead atoms. The molecular weight excluding hydrogens is 272 g/mol. The SMILES string of the molecule is COc1ccc(C(C)C)cc1CNC(=O)C1CSCN1. The normalized spacial score (nSPS) is 18.3. The number of methoxy groups -OCH3 is 1. The number of carbonyl (C=O) groups is 1. The third kappa shape index (κ3) is 3.67. The van der Waals surface area contributed by atoms with Crippen molar-refractivity contribution in [3.8, 4) is 5.75 Å². The van der Waals surface area contributed by atoms with E-state index < -0.39 is 0 Å². The van der Waals surface area contributed by atoms with Gasteiger partial charge in [-0.1, -0.05) is 26.0 Å². The molecule has 1 saturated heterocycles. The number of hydrogen-bond acceptors (Lipinski definition) is 4. The van der Waals surface area contributed by atoms with Crippen molar-refractivity contribution in [1.29, 1.82) is 0 Å². The lowest BCUT2D eigenvalue weighted by molar-refractivity contribution is -0.122. The van der Waals surface area contributed by atoms with E-state index in [4.69, 9.17) is 4.74 Å². The average Bonchev–Trinajstić information content (AvgIpc) is 2.98. The number of amides is 1. The van der Waals surface area contributed by atoms with Gasteiger partial charge in [0.2, 0.25) is 5.91 Å². The summed E-state index contributed by atoms with van der Waals surface area (Å²) < 4.78 is 5.37. The van der Waals surface area contributed by atoms with Gasteiger partial charge in [-0.15, -0.1) is 11.8 Å². The molecule has 5 heteroatoms. The van der Waals surface area contributed by atoms with Crippen LogP contribution in [0.4, 0.5) is 0 Å². The molecule has 1 aromatic carbocycles. The van der Waals surface area contributed by atoms with Crippen molar-refractivity contribution in [2.45, 2.75) is 32.4 Å².